The quantitative estimate of drug-likeness (QED) is 0.491. The molecule has 1 N–H and O–H groups in total. The molecule has 0 aliphatic carbocycles. The maximum Gasteiger partial charge on any atom is 0.194 e. The molecule has 1 aromatic rings. The first-order valence-corrected chi connectivity index (χ1v) is 9.38. The van der Waals surface area contributed by atoms with Crippen LogP contribution in [0.5, 0.6) is 11.5 Å². The van der Waals surface area contributed by atoms with Gasteiger partial charge in [-0.15, -0.1) is 0 Å². The van der Waals surface area contributed by atoms with Crippen molar-refractivity contribution in [3.63, 3.8) is 0 Å². The van der Waals surface area contributed by atoms with E-state index in [1.54, 1.807) is 14.2 Å². The number of hydrogen-bond donors (Lipinski definition) is 1. The molecular formula is C17H27N3O2S. The highest BCUT2D eigenvalue weighted by Crippen LogP contribution is 2.33. The van der Waals surface area contributed by atoms with Crippen LogP contribution in [0.1, 0.15) is 18.1 Å². The fraction of sp³-hybridized carbons (Fsp3) is 0.588. The molecule has 0 radical (unpaired) electrons. The predicted molar refractivity (Wildman–Crippen MR) is 98.0 cm³/mol. The van der Waals surface area contributed by atoms with Crippen molar-refractivity contribution in [2.45, 2.75) is 19.9 Å². The van der Waals surface area contributed by atoms with Gasteiger partial charge in [0.25, 0.3) is 0 Å². The van der Waals surface area contributed by atoms with Gasteiger partial charge < -0.3 is 19.7 Å². The summed E-state index contributed by atoms with van der Waals surface area (Å²) in [6, 6.07) is 4.19. The molecule has 1 aliphatic rings. The molecule has 0 saturated carbocycles. The molecule has 23 heavy (non-hydrogen) atoms. The van der Waals surface area contributed by atoms with E-state index < -0.39 is 0 Å². The van der Waals surface area contributed by atoms with E-state index in [4.69, 9.17) is 14.5 Å². The summed E-state index contributed by atoms with van der Waals surface area (Å²) < 4.78 is 10.8. The van der Waals surface area contributed by atoms with Crippen LogP contribution in [0.2, 0.25) is 0 Å². The van der Waals surface area contributed by atoms with Crippen molar-refractivity contribution in [3.8, 4) is 11.5 Å². The molecule has 1 heterocycles. The van der Waals surface area contributed by atoms with Crippen LogP contribution in [0.15, 0.2) is 17.1 Å². The van der Waals surface area contributed by atoms with E-state index in [0.29, 0.717) is 0 Å². The largest absolute Gasteiger partial charge is 0.493 e. The van der Waals surface area contributed by atoms with Crippen LogP contribution in [0.3, 0.4) is 0 Å². The molecule has 1 aromatic carbocycles. The lowest BCUT2D eigenvalue weighted by molar-refractivity contribution is 0.346. The lowest BCUT2D eigenvalue weighted by Crippen LogP contribution is -2.44. The van der Waals surface area contributed by atoms with Crippen LogP contribution >= 0.6 is 11.8 Å². The molecule has 5 nitrogen and oxygen atoms in total. The number of ether oxygens (including phenoxy) is 2. The van der Waals surface area contributed by atoms with Gasteiger partial charge in [-0.1, -0.05) is 0 Å². The number of thioether (sulfide) groups is 1. The van der Waals surface area contributed by atoms with E-state index in [0.717, 1.165) is 55.8 Å². The van der Waals surface area contributed by atoms with Crippen LogP contribution in [0.4, 0.5) is 0 Å². The molecule has 0 bridgehead atoms. The zero-order valence-electron chi connectivity index (χ0n) is 14.5. The molecule has 0 fully saturated rings. The lowest BCUT2D eigenvalue weighted by atomic mass is 9.99. The molecule has 0 atom stereocenters. The Morgan fingerprint density at radius 2 is 1.96 bits per heavy atom. The monoisotopic (exact) mass is 337 g/mol. The molecule has 0 amide bonds. The second-order valence-electron chi connectivity index (χ2n) is 5.38. The van der Waals surface area contributed by atoms with Crippen molar-refractivity contribution < 1.29 is 9.47 Å². The van der Waals surface area contributed by atoms with Gasteiger partial charge in [-0.05, 0) is 42.9 Å². The number of benzene rings is 1. The van der Waals surface area contributed by atoms with Gasteiger partial charge in [0, 0.05) is 25.4 Å². The third kappa shape index (κ3) is 4.47. The molecular weight excluding hydrogens is 310 g/mol. The van der Waals surface area contributed by atoms with Gasteiger partial charge in [0.15, 0.2) is 17.5 Å². The van der Waals surface area contributed by atoms with Crippen molar-refractivity contribution in [1.29, 1.82) is 0 Å². The number of nitrogens with one attached hydrogen (secondary N) is 1. The van der Waals surface area contributed by atoms with Gasteiger partial charge in [0.05, 0.1) is 20.8 Å². The molecule has 0 aromatic heterocycles. The molecule has 0 unspecified atom stereocenters. The Morgan fingerprint density at radius 1 is 1.26 bits per heavy atom. The topological polar surface area (TPSA) is 46.1 Å². The summed E-state index contributed by atoms with van der Waals surface area (Å²) in [5.74, 6) is 3.64. The molecule has 0 saturated heterocycles. The van der Waals surface area contributed by atoms with E-state index in [1.165, 1.54) is 11.1 Å². The Hall–Kier alpha value is -1.56. The summed E-state index contributed by atoms with van der Waals surface area (Å²) >= 11 is 1.82. The van der Waals surface area contributed by atoms with Crippen molar-refractivity contribution in [2.75, 3.05) is 45.9 Å². The van der Waals surface area contributed by atoms with Crippen LogP contribution in [-0.4, -0.2) is 56.7 Å². The van der Waals surface area contributed by atoms with Crippen molar-refractivity contribution in [1.82, 2.24) is 10.2 Å². The van der Waals surface area contributed by atoms with Crippen molar-refractivity contribution in [3.05, 3.63) is 23.3 Å². The minimum absolute atomic E-state index is 0.789. The highest BCUT2D eigenvalue weighted by Gasteiger charge is 2.21. The standard InChI is InChI=1S/C17H27N3O2S/c1-5-18-17(19-7-9-23-4)20-8-6-13-10-15(21-2)16(22-3)11-14(13)12-20/h10-11H,5-9,12H2,1-4H3,(H,18,19). The number of aliphatic imine (C=N–C) groups is 1. The first-order chi connectivity index (χ1) is 11.2. The summed E-state index contributed by atoms with van der Waals surface area (Å²) in [4.78, 5) is 7.05. The molecule has 128 valence electrons. The number of hydrogen-bond acceptors (Lipinski definition) is 4. The average Bonchev–Trinajstić information content (AvgIpc) is 2.59. The number of methoxy groups -OCH3 is 2. The summed E-state index contributed by atoms with van der Waals surface area (Å²) in [7, 11) is 3.36. The first-order valence-electron chi connectivity index (χ1n) is 7.99. The van der Waals surface area contributed by atoms with Crippen LogP contribution in [-0.2, 0) is 13.0 Å². The van der Waals surface area contributed by atoms with Crippen molar-refractivity contribution >= 4 is 17.7 Å². The average molecular weight is 337 g/mol. The van der Waals surface area contributed by atoms with Gasteiger partial charge in [0.2, 0.25) is 0 Å². The number of nitrogens with zero attached hydrogens (tertiary/aromatic N) is 2. The van der Waals surface area contributed by atoms with Crippen LogP contribution < -0.4 is 14.8 Å². The van der Waals surface area contributed by atoms with E-state index >= 15 is 0 Å². The predicted octanol–water partition coefficient (Wildman–Crippen LogP) is 2.39. The Morgan fingerprint density at radius 3 is 2.57 bits per heavy atom. The van der Waals surface area contributed by atoms with Crippen molar-refractivity contribution in [2.24, 2.45) is 4.99 Å². The van der Waals surface area contributed by atoms with E-state index in [9.17, 15) is 0 Å². The first kappa shape index (κ1) is 17.8. The third-order valence-electron chi connectivity index (χ3n) is 3.91. The Balaban J connectivity index is 2.18. The fourth-order valence-corrected chi connectivity index (χ4v) is 3.01. The Bertz CT molecular complexity index is 549. The van der Waals surface area contributed by atoms with Gasteiger partial charge in [0.1, 0.15) is 0 Å². The second kappa shape index (κ2) is 8.91. The van der Waals surface area contributed by atoms with Crippen LogP contribution in [0, 0.1) is 0 Å². The van der Waals surface area contributed by atoms with Gasteiger partial charge in [-0.3, -0.25) is 4.99 Å². The maximum absolute atomic E-state index is 5.43. The smallest absolute Gasteiger partial charge is 0.194 e. The van der Waals surface area contributed by atoms with Gasteiger partial charge >= 0.3 is 0 Å². The maximum atomic E-state index is 5.43. The second-order valence-corrected chi connectivity index (χ2v) is 6.36. The fourth-order valence-electron chi connectivity index (χ4n) is 2.73. The van der Waals surface area contributed by atoms with Gasteiger partial charge in [-0.25, -0.2) is 0 Å². The summed E-state index contributed by atoms with van der Waals surface area (Å²) in [5, 5.41) is 3.40. The number of guanidine groups is 1. The SMILES string of the molecule is CCNC(=NCCSC)N1CCc2cc(OC)c(OC)cc2C1. The minimum atomic E-state index is 0.789. The molecule has 0 spiro atoms. The van der Waals surface area contributed by atoms with E-state index in [2.05, 4.69) is 35.5 Å². The highest BCUT2D eigenvalue weighted by molar-refractivity contribution is 7.98. The summed E-state index contributed by atoms with van der Waals surface area (Å²) in [6.45, 7) is 5.65. The molecule has 1 aliphatic heterocycles. The molecule has 6 heteroatoms. The summed E-state index contributed by atoms with van der Waals surface area (Å²) in [5.41, 5.74) is 2.61. The highest BCUT2D eigenvalue weighted by atomic mass is 32.2. The Labute approximate surface area is 143 Å². The van der Waals surface area contributed by atoms with E-state index in [-0.39, 0.29) is 0 Å². The Kier molecular flexibility index (Phi) is 6.89. The third-order valence-corrected chi connectivity index (χ3v) is 4.50. The minimum Gasteiger partial charge on any atom is -0.493 e. The van der Waals surface area contributed by atoms with E-state index in [1.807, 2.05) is 11.8 Å². The normalized spacial score (nSPS) is 14.4. The zero-order valence-corrected chi connectivity index (χ0v) is 15.3. The zero-order chi connectivity index (χ0) is 16.7. The van der Waals surface area contributed by atoms with Gasteiger partial charge in [-0.2, -0.15) is 11.8 Å². The lowest BCUT2D eigenvalue weighted by Gasteiger charge is -2.32. The van der Waals surface area contributed by atoms with Crippen LogP contribution in [0.25, 0.3) is 0 Å². The number of rotatable bonds is 6. The summed E-state index contributed by atoms with van der Waals surface area (Å²) in [6.07, 6.45) is 3.10. The molecule has 2 rings (SSSR count). The number of fused-ring (bicyclic) bond motifs is 1.